The zero-order chi connectivity index (χ0) is 28.4. The zero-order valence-electron chi connectivity index (χ0n) is 24.2. The largest absolute Gasteiger partial charge is 0.491 e. The van der Waals surface area contributed by atoms with Crippen molar-refractivity contribution < 1.29 is 18.9 Å². The van der Waals surface area contributed by atoms with Crippen LogP contribution in [0.1, 0.15) is 45.6 Å². The van der Waals surface area contributed by atoms with Crippen molar-refractivity contribution in [3.63, 3.8) is 0 Å². The maximum Gasteiger partial charge on any atom is 0.122 e. The number of ether oxygens (including phenoxy) is 4. The van der Waals surface area contributed by atoms with Gasteiger partial charge in [-0.25, -0.2) is 0 Å². The number of hydrogen-bond acceptors (Lipinski definition) is 6. The second kappa shape index (κ2) is 17.6. The van der Waals surface area contributed by atoms with Gasteiger partial charge in [0.1, 0.15) is 37.1 Å². The van der Waals surface area contributed by atoms with E-state index >= 15 is 0 Å². The molecule has 0 spiro atoms. The fraction of sp³-hybridized carbons (Fsp3) is 0.353. The van der Waals surface area contributed by atoms with Crippen LogP contribution in [0.25, 0.3) is 0 Å². The lowest BCUT2D eigenvalue weighted by atomic mass is 10.1. The maximum absolute atomic E-state index is 5.97. The average Bonchev–Trinajstić information content (AvgIpc) is 2.99. The van der Waals surface area contributed by atoms with E-state index in [-0.39, 0.29) is 6.10 Å². The molecule has 3 aromatic carbocycles. The summed E-state index contributed by atoms with van der Waals surface area (Å²) in [6, 6.07) is 23.0. The molecule has 0 bridgehead atoms. The summed E-state index contributed by atoms with van der Waals surface area (Å²) < 4.78 is 23.2. The van der Waals surface area contributed by atoms with E-state index in [1.165, 1.54) is 11.1 Å². The monoisotopic (exact) mass is 542 g/mol. The highest BCUT2D eigenvalue weighted by Crippen LogP contribution is 2.23. The molecular weight excluding hydrogens is 500 g/mol. The van der Waals surface area contributed by atoms with Crippen LogP contribution in [0, 0.1) is 6.92 Å². The minimum Gasteiger partial charge on any atom is -0.491 e. The third-order valence-electron chi connectivity index (χ3n) is 6.01. The van der Waals surface area contributed by atoms with E-state index in [9.17, 15) is 0 Å². The average molecular weight is 543 g/mol. The van der Waals surface area contributed by atoms with Gasteiger partial charge in [-0.05, 0) is 93.8 Å². The molecule has 6 nitrogen and oxygen atoms in total. The summed E-state index contributed by atoms with van der Waals surface area (Å²) in [6.45, 7) is 10.2. The molecule has 0 N–H and O–H groups in total. The van der Waals surface area contributed by atoms with E-state index in [0.29, 0.717) is 26.4 Å². The molecule has 0 saturated carbocycles. The number of benzene rings is 3. The zero-order valence-corrected chi connectivity index (χ0v) is 24.2. The maximum atomic E-state index is 5.97. The topological polar surface area (TPSA) is 61.6 Å². The molecule has 0 heterocycles. The lowest BCUT2D eigenvalue weighted by Crippen LogP contribution is -2.16. The van der Waals surface area contributed by atoms with E-state index in [1.807, 2.05) is 86.6 Å². The third-order valence-corrected chi connectivity index (χ3v) is 6.01. The summed E-state index contributed by atoms with van der Waals surface area (Å²) in [7, 11) is 0. The van der Waals surface area contributed by atoms with Crippen molar-refractivity contribution in [2.75, 3.05) is 26.4 Å². The van der Waals surface area contributed by atoms with Gasteiger partial charge in [0.25, 0.3) is 0 Å². The molecule has 4 rings (SSSR count). The van der Waals surface area contributed by atoms with Crippen molar-refractivity contribution in [1.82, 2.24) is 0 Å². The number of rotatable bonds is 12. The normalized spacial score (nSPS) is 15.7. The fourth-order valence-corrected chi connectivity index (χ4v) is 3.86. The van der Waals surface area contributed by atoms with Gasteiger partial charge in [-0.3, -0.25) is 0 Å². The first-order valence-electron chi connectivity index (χ1n) is 14.2. The van der Waals surface area contributed by atoms with Crippen LogP contribution in [-0.2, 0) is 4.74 Å². The summed E-state index contributed by atoms with van der Waals surface area (Å²) >= 11 is 0. The molecule has 0 aromatic heterocycles. The van der Waals surface area contributed by atoms with Crippen LogP contribution < -0.4 is 14.2 Å². The standard InChI is InChI=1S/C32H36N2O4.C2H6/c1-25-5-3-4-6-29(14-7-25)35-21-22-37-31-17-10-27(11-18-31)33-34-28-12-19-32(20-13-28)38-24-23-36-30-15-8-26(2)9-16-30;1-2/h5,7-20,29H,3-4,6,21-24H2,1-2H3;1-2H3/b14-7-,25-5?,34-33?;. The molecule has 1 aliphatic rings. The van der Waals surface area contributed by atoms with E-state index < -0.39 is 0 Å². The minimum atomic E-state index is 0.156. The van der Waals surface area contributed by atoms with Gasteiger partial charge in [-0.1, -0.05) is 55.3 Å². The Bertz CT molecular complexity index is 1200. The van der Waals surface area contributed by atoms with Gasteiger partial charge in [0.05, 0.1) is 24.1 Å². The second-order valence-corrected chi connectivity index (χ2v) is 9.19. The number of azo groups is 1. The van der Waals surface area contributed by atoms with Crippen molar-refractivity contribution in [1.29, 1.82) is 0 Å². The first kappa shape index (κ1) is 30.6. The van der Waals surface area contributed by atoms with Gasteiger partial charge in [0, 0.05) is 0 Å². The number of allylic oxidation sites excluding steroid dienone is 3. The predicted molar refractivity (Wildman–Crippen MR) is 163 cm³/mol. The van der Waals surface area contributed by atoms with Crippen LogP contribution in [0.5, 0.6) is 17.2 Å². The van der Waals surface area contributed by atoms with Gasteiger partial charge >= 0.3 is 0 Å². The van der Waals surface area contributed by atoms with Crippen molar-refractivity contribution in [3.05, 3.63) is 102 Å². The molecule has 1 aliphatic carbocycles. The van der Waals surface area contributed by atoms with E-state index in [2.05, 4.69) is 42.3 Å². The Labute approximate surface area is 239 Å². The Morgan fingerprint density at radius 2 is 1.12 bits per heavy atom. The Hall–Kier alpha value is -3.90. The molecule has 0 saturated heterocycles. The summed E-state index contributed by atoms with van der Waals surface area (Å²) in [5, 5.41) is 8.63. The van der Waals surface area contributed by atoms with E-state index in [0.717, 1.165) is 47.9 Å². The SMILES string of the molecule is CC.CC1=CCCCC(OCCOc2ccc(N=Nc3ccc(OCCOc4ccc(C)cc4)cc3)cc2)/C=C\1. The van der Waals surface area contributed by atoms with Gasteiger partial charge in [0.2, 0.25) is 0 Å². The van der Waals surface area contributed by atoms with Crippen molar-refractivity contribution in [3.8, 4) is 17.2 Å². The molecule has 40 heavy (non-hydrogen) atoms. The molecule has 0 aliphatic heterocycles. The summed E-state index contributed by atoms with van der Waals surface area (Å²) in [6.07, 6.45) is 10.0. The summed E-state index contributed by atoms with van der Waals surface area (Å²) in [4.78, 5) is 0. The minimum absolute atomic E-state index is 0.156. The molecule has 1 atom stereocenters. The van der Waals surface area contributed by atoms with E-state index in [4.69, 9.17) is 18.9 Å². The predicted octanol–water partition coefficient (Wildman–Crippen LogP) is 9.34. The van der Waals surface area contributed by atoms with Crippen LogP contribution in [0.3, 0.4) is 0 Å². The van der Waals surface area contributed by atoms with E-state index in [1.54, 1.807) is 0 Å². The third kappa shape index (κ3) is 11.5. The number of aryl methyl sites for hydroxylation is 1. The van der Waals surface area contributed by atoms with Gasteiger partial charge in [-0.15, -0.1) is 0 Å². The Morgan fingerprint density at radius 3 is 1.65 bits per heavy atom. The van der Waals surface area contributed by atoms with Gasteiger partial charge < -0.3 is 18.9 Å². The van der Waals surface area contributed by atoms with Gasteiger partial charge in [0.15, 0.2) is 0 Å². The highest BCUT2D eigenvalue weighted by atomic mass is 16.5. The van der Waals surface area contributed by atoms with Gasteiger partial charge in [-0.2, -0.15) is 10.2 Å². The molecule has 1 unspecified atom stereocenters. The lowest BCUT2D eigenvalue weighted by Gasteiger charge is -2.16. The smallest absolute Gasteiger partial charge is 0.122 e. The lowest BCUT2D eigenvalue weighted by molar-refractivity contribution is 0.0549. The summed E-state index contributed by atoms with van der Waals surface area (Å²) in [5.41, 5.74) is 4.01. The summed E-state index contributed by atoms with van der Waals surface area (Å²) in [5.74, 6) is 2.39. The number of hydrogen-bond donors (Lipinski definition) is 0. The first-order chi connectivity index (χ1) is 19.6. The molecule has 0 radical (unpaired) electrons. The first-order valence-corrected chi connectivity index (χ1v) is 14.2. The molecule has 0 amide bonds. The van der Waals surface area contributed by atoms with Crippen LogP contribution in [0.2, 0.25) is 0 Å². The van der Waals surface area contributed by atoms with Crippen LogP contribution in [0.4, 0.5) is 11.4 Å². The Kier molecular flexibility index (Phi) is 13.5. The highest BCUT2D eigenvalue weighted by Gasteiger charge is 2.07. The van der Waals surface area contributed by atoms with Crippen molar-refractivity contribution >= 4 is 11.4 Å². The van der Waals surface area contributed by atoms with Crippen LogP contribution in [-0.4, -0.2) is 32.5 Å². The fourth-order valence-electron chi connectivity index (χ4n) is 3.86. The van der Waals surface area contributed by atoms with Crippen molar-refractivity contribution in [2.45, 2.75) is 53.1 Å². The molecule has 212 valence electrons. The highest BCUT2D eigenvalue weighted by molar-refractivity contribution is 5.44. The second-order valence-electron chi connectivity index (χ2n) is 9.19. The molecule has 6 heteroatoms. The van der Waals surface area contributed by atoms with Crippen LogP contribution >= 0.6 is 0 Å². The Balaban J connectivity index is 0.00000216. The quantitative estimate of drug-likeness (QED) is 0.169. The molecule has 0 fully saturated rings. The van der Waals surface area contributed by atoms with Crippen molar-refractivity contribution in [2.24, 2.45) is 10.2 Å². The Morgan fingerprint density at radius 1 is 0.650 bits per heavy atom. The number of nitrogens with zero attached hydrogens (tertiary/aromatic N) is 2. The van der Waals surface area contributed by atoms with Crippen LogP contribution in [0.15, 0.2) is 107 Å². The molecular formula is C34H42N2O4. The molecule has 3 aromatic rings.